The normalized spacial score (nSPS) is 11.8. The molecule has 19 heavy (non-hydrogen) atoms. The van der Waals surface area contributed by atoms with Crippen LogP contribution in [0.15, 0.2) is 18.2 Å². The van der Waals surface area contributed by atoms with Gasteiger partial charge in [-0.05, 0) is 30.9 Å². The van der Waals surface area contributed by atoms with E-state index in [1.54, 1.807) is 13.2 Å². The van der Waals surface area contributed by atoms with Gasteiger partial charge in [0.05, 0.1) is 7.11 Å². The number of anilines is 1. The first-order valence-corrected chi connectivity index (χ1v) is 6.37. The average Bonchev–Trinajstić information content (AvgIpc) is 2.39. The van der Waals surface area contributed by atoms with Gasteiger partial charge in [0.25, 0.3) is 0 Å². The summed E-state index contributed by atoms with van der Waals surface area (Å²) in [5.41, 5.74) is 1.70. The number of hydrogen-bond acceptors (Lipinski definition) is 3. The number of benzene rings is 1. The minimum Gasteiger partial charge on any atom is -0.497 e. The van der Waals surface area contributed by atoms with Gasteiger partial charge in [0.2, 0.25) is 0 Å². The quantitative estimate of drug-likeness (QED) is 0.738. The molecule has 5 nitrogen and oxygen atoms in total. The molecule has 1 unspecified atom stereocenters. The number of rotatable bonds is 6. The fourth-order valence-corrected chi connectivity index (χ4v) is 1.62. The van der Waals surface area contributed by atoms with Gasteiger partial charge in [-0.3, -0.25) is 0 Å². The molecular weight excluding hydrogens is 244 g/mol. The number of aliphatic hydroxyl groups excluding tert-OH is 1. The summed E-state index contributed by atoms with van der Waals surface area (Å²) in [6.07, 6.45) is 0.679. The van der Waals surface area contributed by atoms with Crippen LogP contribution >= 0.6 is 0 Å². The molecule has 0 aliphatic carbocycles. The van der Waals surface area contributed by atoms with Crippen LogP contribution in [0.25, 0.3) is 0 Å². The molecule has 0 saturated carbocycles. The summed E-state index contributed by atoms with van der Waals surface area (Å²) in [6.45, 7) is 4.58. The number of aryl methyl sites for hydroxylation is 1. The topological polar surface area (TPSA) is 70.6 Å². The number of urea groups is 1. The Morgan fingerprint density at radius 2 is 2.21 bits per heavy atom. The summed E-state index contributed by atoms with van der Waals surface area (Å²) in [5, 5.41) is 14.4. The lowest BCUT2D eigenvalue weighted by molar-refractivity contribution is 0.243. The first-order valence-electron chi connectivity index (χ1n) is 6.37. The lowest BCUT2D eigenvalue weighted by atomic mass is 10.1. The van der Waals surface area contributed by atoms with Gasteiger partial charge in [0.15, 0.2) is 0 Å². The van der Waals surface area contributed by atoms with Crippen LogP contribution in [0.3, 0.4) is 0 Å². The van der Waals surface area contributed by atoms with Gasteiger partial charge in [0.1, 0.15) is 5.75 Å². The van der Waals surface area contributed by atoms with Crippen molar-refractivity contribution in [1.82, 2.24) is 5.32 Å². The Bertz CT molecular complexity index is 421. The van der Waals surface area contributed by atoms with Crippen molar-refractivity contribution in [3.8, 4) is 5.75 Å². The number of ether oxygens (including phenoxy) is 1. The second-order valence-corrected chi connectivity index (χ2v) is 4.63. The van der Waals surface area contributed by atoms with Crippen LogP contribution in [0.4, 0.5) is 10.5 Å². The van der Waals surface area contributed by atoms with E-state index in [4.69, 9.17) is 9.84 Å². The van der Waals surface area contributed by atoms with E-state index >= 15 is 0 Å². The van der Waals surface area contributed by atoms with E-state index in [9.17, 15) is 4.79 Å². The molecule has 0 bridgehead atoms. The summed E-state index contributed by atoms with van der Waals surface area (Å²) in [7, 11) is 1.59. The SMILES string of the molecule is COc1ccc(C)c(NC(=O)NCC(C)CCO)c1. The maximum absolute atomic E-state index is 11.7. The Labute approximate surface area is 114 Å². The fraction of sp³-hybridized carbons (Fsp3) is 0.500. The summed E-state index contributed by atoms with van der Waals surface area (Å²) in [4.78, 5) is 11.7. The van der Waals surface area contributed by atoms with Crippen LogP contribution in [0.2, 0.25) is 0 Å². The van der Waals surface area contributed by atoms with Crippen molar-refractivity contribution in [2.45, 2.75) is 20.3 Å². The minimum absolute atomic E-state index is 0.138. The summed E-state index contributed by atoms with van der Waals surface area (Å²) in [6, 6.07) is 5.28. The smallest absolute Gasteiger partial charge is 0.319 e. The van der Waals surface area contributed by atoms with E-state index in [2.05, 4.69) is 10.6 Å². The highest BCUT2D eigenvalue weighted by Gasteiger charge is 2.07. The highest BCUT2D eigenvalue weighted by molar-refractivity contribution is 5.90. The second kappa shape index (κ2) is 7.63. The van der Waals surface area contributed by atoms with Gasteiger partial charge in [0, 0.05) is 24.9 Å². The Morgan fingerprint density at radius 3 is 2.84 bits per heavy atom. The molecule has 1 aromatic rings. The van der Waals surface area contributed by atoms with Gasteiger partial charge in [-0.2, -0.15) is 0 Å². The lowest BCUT2D eigenvalue weighted by Gasteiger charge is -2.13. The van der Waals surface area contributed by atoms with Crippen molar-refractivity contribution in [2.24, 2.45) is 5.92 Å². The van der Waals surface area contributed by atoms with Crippen LogP contribution < -0.4 is 15.4 Å². The predicted octanol–water partition coefficient (Wildman–Crippen LogP) is 2.14. The Balaban J connectivity index is 2.52. The van der Waals surface area contributed by atoms with Crippen LogP contribution in [0.5, 0.6) is 5.75 Å². The van der Waals surface area contributed by atoms with E-state index in [-0.39, 0.29) is 18.6 Å². The maximum atomic E-state index is 11.7. The second-order valence-electron chi connectivity index (χ2n) is 4.63. The van der Waals surface area contributed by atoms with Gasteiger partial charge in [-0.15, -0.1) is 0 Å². The number of carbonyl (C=O) groups is 1. The molecule has 0 aromatic heterocycles. The highest BCUT2D eigenvalue weighted by Crippen LogP contribution is 2.21. The Hall–Kier alpha value is -1.75. The van der Waals surface area contributed by atoms with E-state index < -0.39 is 0 Å². The van der Waals surface area contributed by atoms with Gasteiger partial charge >= 0.3 is 6.03 Å². The average molecular weight is 266 g/mol. The maximum Gasteiger partial charge on any atom is 0.319 e. The van der Waals surface area contributed by atoms with Crippen molar-refractivity contribution < 1.29 is 14.6 Å². The number of carbonyl (C=O) groups excluding carboxylic acids is 1. The number of aliphatic hydroxyl groups is 1. The molecule has 5 heteroatoms. The summed E-state index contributed by atoms with van der Waals surface area (Å²) in [5.74, 6) is 0.955. The van der Waals surface area contributed by atoms with Crippen molar-refractivity contribution in [2.75, 3.05) is 25.6 Å². The van der Waals surface area contributed by atoms with Gasteiger partial charge in [-0.25, -0.2) is 4.79 Å². The zero-order valence-corrected chi connectivity index (χ0v) is 11.7. The largest absolute Gasteiger partial charge is 0.497 e. The molecule has 1 aromatic carbocycles. The van der Waals surface area contributed by atoms with Crippen LogP contribution in [-0.2, 0) is 0 Å². The van der Waals surface area contributed by atoms with Crippen molar-refractivity contribution >= 4 is 11.7 Å². The Kier molecular flexibility index (Phi) is 6.15. The van der Waals surface area contributed by atoms with Crippen molar-refractivity contribution in [3.05, 3.63) is 23.8 Å². The van der Waals surface area contributed by atoms with E-state index in [0.29, 0.717) is 18.7 Å². The lowest BCUT2D eigenvalue weighted by Crippen LogP contribution is -2.32. The van der Waals surface area contributed by atoms with Crippen LogP contribution in [0, 0.1) is 12.8 Å². The third kappa shape index (κ3) is 5.18. The predicted molar refractivity (Wildman–Crippen MR) is 75.6 cm³/mol. The Morgan fingerprint density at radius 1 is 1.47 bits per heavy atom. The fourth-order valence-electron chi connectivity index (χ4n) is 1.62. The van der Waals surface area contributed by atoms with E-state index in [1.807, 2.05) is 26.0 Å². The number of hydrogen-bond donors (Lipinski definition) is 3. The van der Waals surface area contributed by atoms with Gasteiger partial charge in [-0.1, -0.05) is 13.0 Å². The first-order chi connectivity index (χ1) is 9.06. The summed E-state index contributed by atoms with van der Waals surface area (Å²) < 4.78 is 5.12. The van der Waals surface area contributed by atoms with E-state index in [0.717, 1.165) is 11.3 Å². The summed E-state index contributed by atoms with van der Waals surface area (Å²) >= 11 is 0. The van der Waals surface area contributed by atoms with Gasteiger partial charge < -0.3 is 20.5 Å². The molecule has 0 heterocycles. The number of nitrogens with one attached hydrogen (secondary N) is 2. The number of amides is 2. The van der Waals surface area contributed by atoms with E-state index in [1.165, 1.54) is 0 Å². The highest BCUT2D eigenvalue weighted by atomic mass is 16.5. The third-order valence-electron chi connectivity index (χ3n) is 2.93. The molecule has 0 radical (unpaired) electrons. The molecule has 3 N–H and O–H groups in total. The minimum atomic E-state index is -0.249. The number of methoxy groups -OCH3 is 1. The zero-order chi connectivity index (χ0) is 14.3. The zero-order valence-electron chi connectivity index (χ0n) is 11.7. The van der Waals surface area contributed by atoms with Crippen molar-refractivity contribution in [1.29, 1.82) is 0 Å². The third-order valence-corrected chi connectivity index (χ3v) is 2.93. The molecule has 0 fully saturated rings. The molecule has 1 atom stereocenters. The molecule has 106 valence electrons. The molecule has 0 spiro atoms. The standard InChI is InChI=1S/C14H22N2O3/c1-10(6-7-17)9-15-14(18)16-13-8-12(19-3)5-4-11(13)2/h4-5,8,10,17H,6-7,9H2,1-3H3,(H2,15,16,18). The monoisotopic (exact) mass is 266 g/mol. The molecular formula is C14H22N2O3. The molecule has 2 amide bonds. The molecule has 0 aliphatic rings. The van der Waals surface area contributed by atoms with Crippen LogP contribution in [-0.4, -0.2) is 31.4 Å². The van der Waals surface area contributed by atoms with Crippen molar-refractivity contribution in [3.63, 3.8) is 0 Å². The first kappa shape index (κ1) is 15.3. The molecule has 1 rings (SSSR count). The molecule has 0 saturated heterocycles. The van der Waals surface area contributed by atoms with Crippen LogP contribution in [0.1, 0.15) is 18.9 Å². The molecule has 0 aliphatic heterocycles.